The first-order valence-electron chi connectivity index (χ1n) is 13.9. The van der Waals surface area contributed by atoms with Crippen molar-refractivity contribution < 1.29 is 4.74 Å². The smallest absolute Gasteiger partial charge is 0.0797 e. The van der Waals surface area contributed by atoms with Crippen LogP contribution < -0.4 is 0 Å². The molecule has 1 nitrogen and oxygen atoms in total. The SMILES string of the molecule is CC(C)[C@H]1CC[C@@H]2[C@]1(C)CC[C@]1(C)C3=C(CC[C@@]21C)[C@@]12CCCC(C)(C)C1C[C@@H]3OC2. The molecule has 0 aromatic heterocycles. The summed E-state index contributed by atoms with van der Waals surface area (Å²) in [6.45, 7) is 19.3. The van der Waals surface area contributed by atoms with Gasteiger partial charge in [-0.15, -0.1) is 0 Å². The maximum atomic E-state index is 6.80. The molecule has 2 aliphatic heterocycles. The van der Waals surface area contributed by atoms with Gasteiger partial charge in [0.2, 0.25) is 0 Å². The van der Waals surface area contributed by atoms with Gasteiger partial charge in [-0.3, -0.25) is 0 Å². The summed E-state index contributed by atoms with van der Waals surface area (Å²) in [7, 11) is 0. The lowest BCUT2D eigenvalue weighted by atomic mass is 9.36. The molecule has 5 aliphatic carbocycles. The first kappa shape index (κ1) is 21.2. The number of ether oxygens (including phenoxy) is 1. The quantitative estimate of drug-likeness (QED) is 0.385. The molecule has 174 valence electrons. The van der Waals surface area contributed by atoms with Crippen molar-refractivity contribution in [3.05, 3.63) is 11.1 Å². The minimum absolute atomic E-state index is 0.362. The molecular weight excluding hydrogens is 376 g/mol. The highest BCUT2D eigenvalue weighted by molar-refractivity contribution is 5.43. The van der Waals surface area contributed by atoms with Crippen molar-refractivity contribution >= 4 is 0 Å². The molecule has 1 spiro atoms. The summed E-state index contributed by atoms with van der Waals surface area (Å²) in [6, 6.07) is 0. The average molecular weight is 425 g/mol. The molecule has 1 heteroatoms. The van der Waals surface area contributed by atoms with Crippen molar-refractivity contribution in [2.24, 2.45) is 50.7 Å². The van der Waals surface area contributed by atoms with Crippen LogP contribution in [0.4, 0.5) is 0 Å². The lowest BCUT2D eigenvalue weighted by Gasteiger charge is -2.70. The maximum Gasteiger partial charge on any atom is 0.0797 e. The second-order valence-corrected chi connectivity index (χ2v) is 14.7. The van der Waals surface area contributed by atoms with E-state index in [9.17, 15) is 0 Å². The summed E-state index contributed by atoms with van der Waals surface area (Å²) < 4.78 is 6.80. The van der Waals surface area contributed by atoms with Gasteiger partial charge >= 0.3 is 0 Å². The summed E-state index contributed by atoms with van der Waals surface area (Å²) in [5.41, 5.74) is 6.05. The van der Waals surface area contributed by atoms with E-state index in [-0.39, 0.29) is 0 Å². The second kappa shape index (κ2) is 6.22. The van der Waals surface area contributed by atoms with E-state index < -0.39 is 0 Å². The van der Waals surface area contributed by atoms with Gasteiger partial charge in [0.15, 0.2) is 0 Å². The largest absolute Gasteiger partial charge is 0.373 e. The normalized spacial score (nSPS) is 55.0. The van der Waals surface area contributed by atoms with E-state index in [1.807, 2.05) is 11.1 Å². The zero-order chi connectivity index (χ0) is 22.0. The summed E-state index contributed by atoms with van der Waals surface area (Å²) in [5.74, 6) is 3.51. The van der Waals surface area contributed by atoms with E-state index in [1.165, 1.54) is 64.2 Å². The second-order valence-electron chi connectivity index (χ2n) is 14.7. The number of rotatable bonds is 1. The molecule has 7 aliphatic rings. The van der Waals surface area contributed by atoms with Crippen molar-refractivity contribution in [1.29, 1.82) is 0 Å². The lowest BCUT2D eigenvalue weighted by molar-refractivity contribution is -0.181. The van der Waals surface area contributed by atoms with Gasteiger partial charge in [0.05, 0.1) is 12.7 Å². The topological polar surface area (TPSA) is 9.23 Å². The number of hydrogen-bond donors (Lipinski definition) is 0. The lowest BCUT2D eigenvalue weighted by Crippen LogP contribution is -2.64. The zero-order valence-electron chi connectivity index (χ0n) is 21.6. The highest BCUT2D eigenvalue weighted by atomic mass is 16.5. The van der Waals surface area contributed by atoms with Crippen molar-refractivity contribution in [3.63, 3.8) is 0 Å². The Morgan fingerprint density at radius 2 is 1.65 bits per heavy atom. The predicted molar refractivity (Wildman–Crippen MR) is 129 cm³/mol. The van der Waals surface area contributed by atoms with Gasteiger partial charge in [-0.1, -0.05) is 60.5 Å². The Bertz CT molecular complexity index is 820. The monoisotopic (exact) mass is 424 g/mol. The van der Waals surface area contributed by atoms with Gasteiger partial charge in [0.25, 0.3) is 0 Å². The van der Waals surface area contributed by atoms with E-state index in [0.717, 1.165) is 30.3 Å². The van der Waals surface area contributed by atoms with Gasteiger partial charge in [-0.2, -0.15) is 0 Å². The molecule has 0 amide bonds. The van der Waals surface area contributed by atoms with Crippen LogP contribution in [0.15, 0.2) is 11.1 Å². The van der Waals surface area contributed by atoms with Crippen LogP contribution in [0, 0.1) is 50.7 Å². The van der Waals surface area contributed by atoms with Crippen LogP contribution in [-0.4, -0.2) is 12.7 Å². The molecule has 0 aromatic carbocycles. The third kappa shape index (κ3) is 2.34. The zero-order valence-corrected chi connectivity index (χ0v) is 21.6. The summed E-state index contributed by atoms with van der Waals surface area (Å²) in [6.07, 6.45) is 14.6. The van der Waals surface area contributed by atoms with Gasteiger partial charge < -0.3 is 4.74 Å². The van der Waals surface area contributed by atoms with Gasteiger partial charge in [0, 0.05) is 5.41 Å². The fourth-order valence-electron chi connectivity index (χ4n) is 11.6. The van der Waals surface area contributed by atoms with Gasteiger partial charge in [-0.05, 0) is 109 Å². The summed E-state index contributed by atoms with van der Waals surface area (Å²) in [5, 5.41) is 0. The minimum atomic E-state index is 0.362. The fraction of sp³-hybridized carbons (Fsp3) is 0.933. The van der Waals surface area contributed by atoms with Crippen LogP contribution in [0.2, 0.25) is 0 Å². The predicted octanol–water partition coefficient (Wildman–Crippen LogP) is 8.19. The standard InChI is InChI=1S/C30H48O/c1-19(2)20-9-10-23-27(20,5)15-16-29(7)25-21(11-14-28(23,29)6)30-13-8-12-26(3,4)24(30)17-22(25)31-18-30/h19-20,22-24H,8-18H2,1-7H3/t20-,22+,23-,24?,27-,28+,29-,30+/m1/s1. The third-order valence-electron chi connectivity index (χ3n) is 13.2. The molecule has 7 rings (SSSR count). The Morgan fingerprint density at radius 1 is 0.871 bits per heavy atom. The Labute approximate surface area is 192 Å². The van der Waals surface area contributed by atoms with Crippen LogP contribution in [-0.2, 0) is 4.74 Å². The molecule has 2 bridgehead atoms. The third-order valence-corrected chi connectivity index (χ3v) is 13.2. The van der Waals surface area contributed by atoms with Crippen molar-refractivity contribution in [2.45, 2.75) is 119 Å². The van der Waals surface area contributed by atoms with Crippen molar-refractivity contribution in [3.8, 4) is 0 Å². The first-order chi connectivity index (χ1) is 14.5. The first-order valence-corrected chi connectivity index (χ1v) is 13.9. The number of fused-ring (bicyclic) bond motifs is 4. The molecule has 0 aromatic rings. The Morgan fingerprint density at radius 3 is 2.39 bits per heavy atom. The molecule has 1 unspecified atom stereocenters. The van der Waals surface area contributed by atoms with E-state index >= 15 is 0 Å². The van der Waals surface area contributed by atoms with Crippen molar-refractivity contribution in [1.82, 2.24) is 0 Å². The Balaban J connectivity index is 1.47. The van der Waals surface area contributed by atoms with Gasteiger partial charge in [0.1, 0.15) is 0 Å². The molecule has 0 radical (unpaired) electrons. The summed E-state index contributed by atoms with van der Waals surface area (Å²) in [4.78, 5) is 0. The molecule has 1 saturated heterocycles. The summed E-state index contributed by atoms with van der Waals surface area (Å²) >= 11 is 0. The van der Waals surface area contributed by atoms with Crippen LogP contribution >= 0.6 is 0 Å². The van der Waals surface area contributed by atoms with E-state index in [4.69, 9.17) is 4.74 Å². The molecule has 31 heavy (non-hydrogen) atoms. The van der Waals surface area contributed by atoms with E-state index in [1.54, 1.807) is 0 Å². The molecule has 3 saturated carbocycles. The van der Waals surface area contributed by atoms with Crippen LogP contribution in [0.5, 0.6) is 0 Å². The average Bonchev–Trinajstić information content (AvgIpc) is 3.07. The Kier molecular flexibility index (Phi) is 4.27. The molecule has 8 atom stereocenters. The Hall–Kier alpha value is -0.300. The van der Waals surface area contributed by atoms with Crippen LogP contribution in [0.25, 0.3) is 0 Å². The molecule has 2 heterocycles. The van der Waals surface area contributed by atoms with E-state index in [2.05, 4.69) is 48.5 Å². The maximum absolute atomic E-state index is 6.80. The van der Waals surface area contributed by atoms with Crippen LogP contribution in [0.1, 0.15) is 113 Å². The fourth-order valence-corrected chi connectivity index (χ4v) is 11.6. The van der Waals surface area contributed by atoms with Gasteiger partial charge in [-0.25, -0.2) is 0 Å². The minimum Gasteiger partial charge on any atom is -0.373 e. The molecular formula is C30H48O. The highest BCUT2D eigenvalue weighted by Gasteiger charge is 2.69. The van der Waals surface area contributed by atoms with E-state index in [0.29, 0.717) is 33.2 Å². The van der Waals surface area contributed by atoms with Crippen LogP contribution in [0.3, 0.4) is 0 Å². The van der Waals surface area contributed by atoms with Crippen molar-refractivity contribution in [2.75, 3.05) is 6.61 Å². The highest BCUT2D eigenvalue weighted by Crippen LogP contribution is 2.77. The molecule has 0 N–H and O–H groups in total. The molecule has 4 fully saturated rings. The number of hydrogen-bond acceptors (Lipinski definition) is 1.